The second kappa shape index (κ2) is 10.5. The zero-order valence-electron chi connectivity index (χ0n) is 17.4. The Morgan fingerprint density at radius 3 is 2.31 bits per heavy atom. The van der Waals surface area contributed by atoms with Crippen molar-refractivity contribution < 1.29 is 0 Å². The van der Waals surface area contributed by atoms with Crippen LogP contribution in [0.5, 0.6) is 0 Å². The monoisotopic (exact) mass is 433 g/mol. The SMILES string of the molecule is CN(C)C1(c2ccccc2)CCC(CNCc2c[nH]c3ccccc23)CC1.Cl.Cl. The van der Waals surface area contributed by atoms with Crippen LogP contribution in [0.1, 0.15) is 36.8 Å². The van der Waals surface area contributed by atoms with E-state index >= 15 is 0 Å². The molecule has 5 heteroatoms. The number of hydrogen-bond donors (Lipinski definition) is 2. The molecule has 4 rings (SSSR count). The molecule has 2 aromatic carbocycles. The number of benzene rings is 2. The van der Waals surface area contributed by atoms with Crippen molar-refractivity contribution in [1.82, 2.24) is 15.2 Å². The second-order valence-electron chi connectivity index (χ2n) is 8.23. The number of nitrogens with zero attached hydrogens (tertiary/aromatic N) is 1. The summed E-state index contributed by atoms with van der Waals surface area (Å²) < 4.78 is 0. The maximum atomic E-state index is 3.71. The summed E-state index contributed by atoms with van der Waals surface area (Å²) in [7, 11) is 4.48. The van der Waals surface area contributed by atoms with E-state index in [0.717, 1.165) is 19.0 Å². The Bertz CT molecular complexity index is 868. The molecule has 1 heterocycles. The minimum Gasteiger partial charge on any atom is -0.361 e. The zero-order valence-corrected chi connectivity index (χ0v) is 19.0. The van der Waals surface area contributed by atoms with Gasteiger partial charge in [0.2, 0.25) is 0 Å². The summed E-state index contributed by atoms with van der Waals surface area (Å²) >= 11 is 0. The van der Waals surface area contributed by atoms with Gasteiger partial charge in [0, 0.05) is 29.2 Å². The molecule has 0 atom stereocenters. The lowest BCUT2D eigenvalue weighted by molar-refractivity contribution is 0.0770. The van der Waals surface area contributed by atoms with Gasteiger partial charge in [0.25, 0.3) is 0 Å². The van der Waals surface area contributed by atoms with Gasteiger partial charge in [-0.3, -0.25) is 4.90 Å². The molecule has 0 bridgehead atoms. The summed E-state index contributed by atoms with van der Waals surface area (Å²) in [6.45, 7) is 2.05. The molecule has 0 unspecified atom stereocenters. The van der Waals surface area contributed by atoms with E-state index in [-0.39, 0.29) is 30.4 Å². The number of hydrogen-bond acceptors (Lipinski definition) is 2. The van der Waals surface area contributed by atoms with E-state index in [9.17, 15) is 0 Å². The van der Waals surface area contributed by atoms with Crippen molar-refractivity contribution in [3.8, 4) is 0 Å². The van der Waals surface area contributed by atoms with Gasteiger partial charge in [0.1, 0.15) is 0 Å². The number of aromatic nitrogens is 1. The number of rotatable bonds is 6. The Morgan fingerprint density at radius 2 is 1.62 bits per heavy atom. The molecule has 0 radical (unpaired) electrons. The molecule has 29 heavy (non-hydrogen) atoms. The average molecular weight is 434 g/mol. The quantitative estimate of drug-likeness (QED) is 0.518. The molecule has 2 N–H and O–H groups in total. The molecule has 1 saturated carbocycles. The molecule has 1 aliphatic rings. The maximum Gasteiger partial charge on any atom is 0.0457 e. The molecular weight excluding hydrogens is 401 g/mol. The number of para-hydroxylation sites is 1. The van der Waals surface area contributed by atoms with Gasteiger partial charge in [-0.15, -0.1) is 24.8 Å². The molecule has 1 aromatic heterocycles. The first-order chi connectivity index (χ1) is 13.2. The summed E-state index contributed by atoms with van der Waals surface area (Å²) in [6.07, 6.45) is 7.19. The van der Waals surface area contributed by atoms with Crippen molar-refractivity contribution >= 4 is 35.7 Å². The summed E-state index contributed by atoms with van der Waals surface area (Å²) in [6, 6.07) is 19.6. The summed E-state index contributed by atoms with van der Waals surface area (Å²) in [4.78, 5) is 5.81. The lowest BCUT2D eigenvalue weighted by Gasteiger charge is -2.45. The van der Waals surface area contributed by atoms with Crippen LogP contribution < -0.4 is 5.32 Å². The highest BCUT2D eigenvalue weighted by atomic mass is 35.5. The Morgan fingerprint density at radius 1 is 0.966 bits per heavy atom. The van der Waals surface area contributed by atoms with Crippen LogP contribution in [0.4, 0.5) is 0 Å². The summed E-state index contributed by atoms with van der Waals surface area (Å²) in [5.74, 6) is 0.770. The van der Waals surface area contributed by atoms with Gasteiger partial charge in [0.05, 0.1) is 0 Å². The first-order valence-corrected chi connectivity index (χ1v) is 10.2. The van der Waals surface area contributed by atoms with Crippen LogP contribution in [0.15, 0.2) is 60.8 Å². The highest BCUT2D eigenvalue weighted by Crippen LogP contribution is 2.42. The van der Waals surface area contributed by atoms with Crippen molar-refractivity contribution in [1.29, 1.82) is 0 Å². The number of H-pyrrole nitrogens is 1. The Labute approximate surface area is 187 Å². The Kier molecular flexibility index (Phi) is 8.59. The van der Waals surface area contributed by atoms with Crippen LogP contribution in [-0.2, 0) is 12.1 Å². The van der Waals surface area contributed by atoms with E-state index in [1.807, 2.05) is 0 Å². The van der Waals surface area contributed by atoms with Crippen LogP contribution in [0.25, 0.3) is 10.9 Å². The topological polar surface area (TPSA) is 31.1 Å². The third-order valence-electron chi connectivity index (χ3n) is 6.52. The number of halogens is 2. The van der Waals surface area contributed by atoms with E-state index < -0.39 is 0 Å². The highest BCUT2D eigenvalue weighted by molar-refractivity contribution is 5.85. The normalized spacial score (nSPS) is 21.6. The van der Waals surface area contributed by atoms with Gasteiger partial charge >= 0.3 is 0 Å². The van der Waals surface area contributed by atoms with Crippen molar-refractivity contribution in [2.45, 2.75) is 37.8 Å². The van der Waals surface area contributed by atoms with Crippen LogP contribution in [0.3, 0.4) is 0 Å². The van der Waals surface area contributed by atoms with E-state index in [0.29, 0.717) is 0 Å². The first-order valence-electron chi connectivity index (χ1n) is 10.2. The summed E-state index contributed by atoms with van der Waals surface area (Å²) in [5, 5.41) is 5.05. The zero-order chi connectivity index (χ0) is 18.7. The smallest absolute Gasteiger partial charge is 0.0457 e. The van der Waals surface area contributed by atoms with Gasteiger partial charge in [-0.2, -0.15) is 0 Å². The molecule has 1 fully saturated rings. The largest absolute Gasteiger partial charge is 0.361 e. The number of fused-ring (bicyclic) bond motifs is 1. The first kappa shape index (κ1) is 23.8. The molecule has 0 spiro atoms. The molecule has 0 amide bonds. The van der Waals surface area contributed by atoms with Crippen molar-refractivity contribution in [2.75, 3.05) is 20.6 Å². The Balaban J connectivity index is 0.00000150. The van der Waals surface area contributed by atoms with Gasteiger partial charge in [0.15, 0.2) is 0 Å². The summed E-state index contributed by atoms with van der Waals surface area (Å²) in [5.41, 5.74) is 4.27. The third kappa shape index (κ3) is 4.97. The molecule has 1 aliphatic carbocycles. The fraction of sp³-hybridized carbons (Fsp3) is 0.417. The lowest BCUT2D eigenvalue weighted by Crippen LogP contribution is -2.45. The van der Waals surface area contributed by atoms with Crippen LogP contribution >= 0.6 is 24.8 Å². The standard InChI is InChI=1S/C24H31N3.2ClH/c1-27(2)24(21-8-4-3-5-9-21)14-12-19(13-15-24)16-25-17-20-18-26-23-11-7-6-10-22(20)23;;/h3-11,18-19,25-26H,12-17H2,1-2H3;2*1H. The minimum atomic E-state index is 0. The molecule has 3 aromatic rings. The number of nitrogens with one attached hydrogen (secondary N) is 2. The molecule has 0 aliphatic heterocycles. The van der Waals surface area contributed by atoms with E-state index in [2.05, 4.69) is 90.1 Å². The fourth-order valence-corrected chi connectivity index (χ4v) is 4.79. The van der Waals surface area contributed by atoms with E-state index in [1.54, 1.807) is 0 Å². The molecular formula is C24H33Cl2N3. The van der Waals surface area contributed by atoms with Gasteiger partial charge in [-0.1, -0.05) is 48.5 Å². The fourth-order valence-electron chi connectivity index (χ4n) is 4.79. The molecule has 158 valence electrons. The lowest BCUT2D eigenvalue weighted by atomic mass is 9.72. The predicted octanol–water partition coefficient (Wildman–Crippen LogP) is 5.75. The van der Waals surface area contributed by atoms with Crippen LogP contribution in [-0.4, -0.2) is 30.5 Å². The van der Waals surface area contributed by atoms with Gasteiger partial charge in [-0.25, -0.2) is 0 Å². The third-order valence-corrected chi connectivity index (χ3v) is 6.52. The van der Waals surface area contributed by atoms with Crippen molar-refractivity contribution in [3.05, 3.63) is 71.9 Å². The van der Waals surface area contributed by atoms with Crippen LogP contribution in [0.2, 0.25) is 0 Å². The van der Waals surface area contributed by atoms with E-state index in [4.69, 9.17) is 0 Å². The number of aromatic amines is 1. The highest BCUT2D eigenvalue weighted by Gasteiger charge is 2.38. The van der Waals surface area contributed by atoms with E-state index in [1.165, 1.54) is 47.7 Å². The van der Waals surface area contributed by atoms with Crippen molar-refractivity contribution in [2.24, 2.45) is 5.92 Å². The van der Waals surface area contributed by atoms with Gasteiger partial charge < -0.3 is 10.3 Å². The van der Waals surface area contributed by atoms with Crippen LogP contribution in [0, 0.1) is 5.92 Å². The molecule has 3 nitrogen and oxygen atoms in total. The molecule has 0 saturated heterocycles. The van der Waals surface area contributed by atoms with Gasteiger partial charge in [-0.05, 0) is 69.4 Å². The van der Waals surface area contributed by atoms with Crippen molar-refractivity contribution in [3.63, 3.8) is 0 Å². The Hall–Kier alpha value is -1.52. The maximum absolute atomic E-state index is 3.71. The second-order valence-corrected chi connectivity index (χ2v) is 8.23. The average Bonchev–Trinajstić information content (AvgIpc) is 3.12. The minimum absolute atomic E-state index is 0. The predicted molar refractivity (Wildman–Crippen MR) is 128 cm³/mol.